The lowest BCUT2D eigenvalue weighted by molar-refractivity contribution is -0.115. The molecule has 0 aliphatic heterocycles. The summed E-state index contributed by atoms with van der Waals surface area (Å²) in [6.07, 6.45) is 7.29. The first-order valence-corrected chi connectivity index (χ1v) is 10.5. The van der Waals surface area contributed by atoms with Crippen LogP contribution in [0.4, 0.5) is 4.39 Å². The molecule has 164 valence electrons. The number of hydrogen-bond donors (Lipinski definition) is 3. The highest BCUT2D eigenvalue weighted by Crippen LogP contribution is 2.13. The van der Waals surface area contributed by atoms with Gasteiger partial charge in [0.15, 0.2) is 5.11 Å². The van der Waals surface area contributed by atoms with Crippen molar-refractivity contribution in [2.75, 3.05) is 6.61 Å². The number of hydrazine groups is 1. The summed E-state index contributed by atoms with van der Waals surface area (Å²) < 4.78 is 18.5. The molecule has 6 nitrogen and oxygen atoms in total. The molecule has 3 N–H and O–H groups in total. The molecule has 0 spiro atoms. The zero-order chi connectivity index (χ0) is 22.5. The Morgan fingerprint density at radius 2 is 1.71 bits per heavy atom. The molecule has 0 heterocycles. The SMILES string of the molecule is CCCCCCOc1ccc(C(=O)NNC(=S)NC(=O)/C=C/c2ccc(F)cc2)cc1. The van der Waals surface area contributed by atoms with Crippen molar-refractivity contribution in [3.8, 4) is 5.75 Å². The summed E-state index contributed by atoms with van der Waals surface area (Å²) in [6, 6.07) is 12.4. The van der Waals surface area contributed by atoms with Crippen molar-refractivity contribution in [3.63, 3.8) is 0 Å². The number of nitrogens with one attached hydrogen (secondary N) is 3. The van der Waals surface area contributed by atoms with Gasteiger partial charge >= 0.3 is 0 Å². The number of carbonyl (C=O) groups is 2. The second-order valence-corrected chi connectivity index (χ2v) is 7.12. The lowest BCUT2D eigenvalue weighted by atomic mass is 10.2. The predicted molar refractivity (Wildman–Crippen MR) is 123 cm³/mol. The summed E-state index contributed by atoms with van der Waals surface area (Å²) in [5.74, 6) is -0.548. The van der Waals surface area contributed by atoms with Gasteiger partial charge in [0.2, 0.25) is 5.91 Å². The minimum Gasteiger partial charge on any atom is -0.494 e. The maximum Gasteiger partial charge on any atom is 0.269 e. The molecular formula is C23H26FN3O3S. The van der Waals surface area contributed by atoms with Crippen LogP contribution in [0.25, 0.3) is 6.08 Å². The van der Waals surface area contributed by atoms with Gasteiger partial charge in [0, 0.05) is 11.6 Å². The van der Waals surface area contributed by atoms with Crippen LogP contribution >= 0.6 is 12.2 Å². The molecule has 0 radical (unpaired) electrons. The fourth-order valence-corrected chi connectivity index (χ4v) is 2.69. The van der Waals surface area contributed by atoms with Gasteiger partial charge in [-0.3, -0.25) is 25.8 Å². The summed E-state index contributed by atoms with van der Waals surface area (Å²) in [7, 11) is 0. The molecule has 0 atom stereocenters. The number of amides is 2. The van der Waals surface area contributed by atoms with E-state index in [0.717, 1.165) is 12.8 Å². The van der Waals surface area contributed by atoms with E-state index in [1.54, 1.807) is 36.4 Å². The zero-order valence-electron chi connectivity index (χ0n) is 17.3. The molecule has 8 heteroatoms. The summed E-state index contributed by atoms with van der Waals surface area (Å²) >= 11 is 4.98. The van der Waals surface area contributed by atoms with E-state index in [1.807, 2.05) is 0 Å². The minimum absolute atomic E-state index is 0.0610. The summed E-state index contributed by atoms with van der Waals surface area (Å²) in [6.45, 7) is 2.81. The summed E-state index contributed by atoms with van der Waals surface area (Å²) in [5, 5.41) is 2.34. The molecular weight excluding hydrogens is 417 g/mol. The Kier molecular flexibility index (Phi) is 10.2. The Labute approximate surface area is 186 Å². The molecule has 0 aromatic heterocycles. The second kappa shape index (κ2) is 13.1. The van der Waals surface area contributed by atoms with Crippen molar-refractivity contribution in [2.45, 2.75) is 32.6 Å². The number of thiocarbonyl (C=S) groups is 1. The summed E-state index contributed by atoms with van der Waals surface area (Å²) in [5.41, 5.74) is 5.97. The minimum atomic E-state index is -0.489. The molecule has 0 fully saturated rings. The van der Waals surface area contributed by atoms with E-state index in [2.05, 4.69) is 23.1 Å². The van der Waals surface area contributed by atoms with Crippen LogP contribution in [0.2, 0.25) is 0 Å². The lowest BCUT2D eigenvalue weighted by Crippen LogP contribution is -2.48. The highest BCUT2D eigenvalue weighted by molar-refractivity contribution is 7.80. The molecule has 2 aromatic carbocycles. The first kappa shape index (κ1) is 24.0. The Hall–Kier alpha value is -3.26. The van der Waals surface area contributed by atoms with Gasteiger partial charge in [-0.05, 0) is 66.7 Å². The zero-order valence-corrected chi connectivity index (χ0v) is 18.1. The number of ether oxygens (including phenoxy) is 1. The number of rotatable bonds is 9. The molecule has 2 rings (SSSR count). The van der Waals surface area contributed by atoms with Crippen LogP contribution in [-0.2, 0) is 4.79 Å². The van der Waals surface area contributed by atoms with E-state index in [4.69, 9.17) is 17.0 Å². The first-order valence-electron chi connectivity index (χ1n) is 10.1. The standard InChI is InChI=1S/C23H26FN3O3S/c1-2-3-4-5-16-30-20-13-9-18(10-14-20)22(29)26-27-23(31)25-21(28)15-8-17-6-11-19(24)12-7-17/h6-15H,2-5,16H2,1H3,(H,26,29)(H2,25,27,28,31)/b15-8+. The third-order valence-electron chi connectivity index (χ3n) is 4.21. The molecule has 0 unspecified atom stereocenters. The lowest BCUT2D eigenvalue weighted by Gasteiger charge is -2.10. The molecule has 0 aliphatic carbocycles. The molecule has 0 saturated heterocycles. The fraction of sp³-hybridized carbons (Fsp3) is 0.261. The van der Waals surface area contributed by atoms with Crippen LogP contribution in [0.1, 0.15) is 48.5 Å². The van der Waals surface area contributed by atoms with Crippen LogP contribution in [0, 0.1) is 5.82 Å². The third-order valence-corrected chi connectivity index (χ3v) is 4.41. The highest BCUT2D eigenvalue weighted by Gasteiger charge is 2.07. The largest absolute Gasteiger partial charge is 0.494 e. The molecule has 0 bridgehead atoms. The maximum absolute atomic E-state index is 12.9. The van der Waals surface area contributed by atoms with Gasteiger partial charge in [0.1, 0.15) is 11.6 Å². The Balaban J connectivity index is 1.71. The Bertz CT molecular complexity index is 899. The molecule has 31 heavy (non-hydrogen) atoms. The van der Waals surface area contributed by atoms with E-state index < -0.39 is 11.8 Å². The monoisotopic (exact) mass is 443 g/mol. The Morgan fingerprint density at radius 3 is 2.39 bits per heavy atom. The van der Waals surface area contributed by atoms with Crippen LogP contribution < -0.4 is 20.9 Å². The molecule has 0 aliphatic rings. The fourth-order valence-electron chi connectivity index (χ4n) is 2.54. The van der Waals surface area contributed by atoms with Gasteiger partial charge in [0.05, 0.1) is 6.61 Å². The van der Waals surface area contributed by atoms with Crippen molar-refractivity contribution in [3.05, 3.63) is 71.6 Å². The van der Waals surface area contributed by atoms with Crippen LogP contribution in [-0.4, -0.2) is 23.5 Å². The van der Waals surface area contributed by atoms with Gasteiger partial charge in [-0.15, -0.1) is 0 Å². The van der Waals surface area contributed by atoms with Gasteiger partial charge in [-0.1, -0.05) is 38.3 Å². The van der Waals surface area contributed by atoms with E-state index in [9.17, 15) is 14.0 Å². The van der Waals surface area contributed by atoms with E-state index >= 15 is 0 Å². The molecule has 2 amide bonds. The topological polar surface area (TPSA) is 79.5 Å². The van der Waals surface area contributed by atoms with Crippen molar-refractivity contribution in [1.29, 1.82) is 0 Å². The van der Waals surface area contributed by atoms with E-state index in [1.165, 1.54) is 37.1 Å². The van der Waals surface area contributed by atoms with Gasteiger partial charge < -0.3 is 4.74 Å². The quantitative estimate of drug-likeness (QED) is 0.235. The van der Waals surface area contributed by atoms with Crippen molar-refractivity contribution >= 4 is 35.2 Å². The summed E-state index contributed by atoms with van der Waals surface area (Å²) in [4.78, 5) is 24.0. The average Bonchev–Trinajstić information content (AvgIpc) is 2.77. The Morgan fingerprint density at radius 1 is 1.00 bits per heavy atom. The average molecular weight is 444 g/mol. The third kappa shape index (κ3) is 9.39. The second-order valence-electron chi connectivity index (χ2n) is 6.72. The molecule has 2 aromatic rings. The molecule has 0 saturated carbocycles. The number of benzene rings is 2. The van der Waals surface area contributed by atoms with Crippen LogP contribution in [0.3, 0.4) is 0 Å². The van der Waals surface area contributed by atoms with Gasteiger partial charge in [0.25, 0.3) is 5.91 Å². The van der Waals surface area contributed by atoms with Crippen LogP contribution in [0.15, 0.2) is 54.6 Å². The number of unbranched alkanes of at least 4 members (excludes halogenated alkanes) is 3. The van der Waals surface area contributed by atoms with Crippen molar-refractivity contribution in [1.82, 2.24) is 16.2 Å². The van der Waals surface area contributed by atoms with Crippen LogP contribution in [0.5, 0.6) is 5.75 Å². The number of halogens is 1. The smallest absolute Gasteiger partial charge is 0.269 e. The highest BCUT2D eigenvalue weighted by atomic mass is 32.1. The maximum atomic E-state index is 12.9. The first-order chi connectivity index (χ1) is 15.0. The normalized spacial score (nSPS) is 10.5. The van der Waals surface area contributed by atoms with E-state index in [-0.39, 0.29) is 10.9 Å². The van der Waals surface area contributed by atoms with E-state index in [0.29, 0.717) is 23.5 Å². The van der Waals surface area contributed by atoms with Crippen molar-refractivity contribution < 1.29 is 18.7 Å². The predicted octanol–water partition coefficient (Wildman–Crippen LogP) is 4.13. The number of hydrogen-bond acceptors (Lipinski definition) is 4. The van der Waals surface area contributed by atoms with Gasteiger partial charge in [-0.2, -0.15) is 0 Å². The number of carbonyl (C=O) groups excluding carboxylic acids is 2. The van der Waals surface area contributed by atoms with Crippen molar-refractivity contribution in [2.24, 2.45) is 0 Å². The van der Waals surface area contributed by atoms with Gasteiger partial charge in [-0.25, -0.2) is 4.39 Å².